The van der Waals surface area contributed by atoms with Crippen molar-refractivity contribution in [3.05, 3.63) is 11.9 Å². The van der Waals surface area contributed by atoms with Gasteiger partial charge in [0.25, 0.3) is 0 Å². The first-order chi connectivity index (χ1) is 5.79. The number of nitrogens with two attached hydrogens (primary N) is 1. The number of carbonyl (C=O) groups is 1. The molecule has 88 valence electrons. The van der Waals surface area contributed by atoms with Crippen molar-refractivity contribution in [1.82, 2.24) is 4.90 Å². The predicted molar refractivity (Wildman–Crippen MR) is 67.2 cm³/mol. The maximum atomic E-state index is 11.0. The lowest BCUT2D eigenvalue weighted by Crippen LogP contribution is -2.41. The molecule has 4 nitrogen and oxygen atoms in total. The monoisotopic (exact) mass is 273 g/mol. The van der Waals surface area contributed by atoms with E-state index < -0.39 is 0 Å². The molecule has 1 saturated heterocycles. The smallest absolute Gasteiger partial charge is 0.240 e. The Labute approximate surface area is 107 Å². The lowest BCUT2D eigenvalue weighted by molar-refractivity contribution is -0.121. The second-order valence-electron chi connectivity index (χ2n) is 3.06. The quantitative estimate of drug-likeness (QED) is 0.779. The molecule has 15 heavy (non-hydrogen) atoms. The zero-order valence-corrected chi connectivity index (χ0v) is 10.4. The van der Waals surface area contributed by atoms with Gasteiger partial charge in [-0.25, -0.2) is 0 Å². The molecular weight excluding hydrogens is 260 g/mol. The van der Waals surface area contributed by atoms with Crippen LogP contribution in [0.25, 0.3) is 0 Å². The molecule has 0 aliphatic carbocycles. The summed E-state index contributed by atoms with van der Waals surface area (Å²) >= 11 is 0. The summed E-state index contributed by atoms with van der Waals surface area (Å²) in [5, 5.41) is 0. The van der Waals surface area contributed by atoms with Crippen molar-refractivity contribution >= 4 is 49.3 Å². The molecule has 0 bridgehead atoms. The Kier molecular flexibility index (Phi) is 7.83. The summed E-state index contributed by atoms with van der Waals surface area (Å²) in [6.07, 6.45) is 5.37. The first kappa shape index (κ1) is 17.0. The van der Waals surface area contributed by atoms with Crippen LogP contribution in [0.1, 0.15) is 12.8 Å². The summed E-state index contributed by atoms with van der Waals surface area (Å²) < 4.78 is 0. The van der Waals surface area contributed by atoms with Gasteiger partial charge in [0.05, 0.1) is 6.54 Å². The summed E-state index contributed by atoms with van der Waals surface area (Å²) in [7, 11) is 0. The molecule has 0 aromatic rings. The van der Waals surface area contributed by atoms with E-state index in [2.05, 4.69) is 4.99 Å². The van der Waals surface area contributed by atoms with Gasteiger partial charge in [0.2, 0.25) is 5.91 Å². The zero-order chi connectivity index (χ0) is 8.55. The number of rotatable bonds is 1. The minimum Gasteiger partial charge on any atom is -0.368 e. The molecule has 1 fully saturated rings. The molecule has 7 heteroatoms. The Morgan fingerprint density at radius 1 is 1.47 bits per heavy atom. The van der Waals surface area contributed by atoms with Gasteiger partial charge in [-0.3, -0.25) is 9.79 Å². The molecule has 2 N–H and O–H groups in total. The van der Waals surface area contributed by atoms with E-state index in [0.29, 0.717) is 0 Å². The number of allylic oxidation sites excluding steroid dienone is 1. The fourth-order valence-electron chi connectivity index (χ4n) is 1.74. The van der Waals surface area contributed by atoms with Gasteiger partial charge in [0, 0.05) is 18.1 Å². The van der Waals surface area contributed by atoms with Gasteiger partial charge < -0.3 is 10.6 Å². The van der Waals surface area contributed by atoms with Crippen LogP contribution in [0.3, 0.4) is 0 Å². The van der Waals surface area contributed by atoms with Crippen molar-refractivity contribution in [3.8, 4) is 0 Å². The first-order valence-electron chi connectivity index (χ1n) is 4.05. The minimum atomic E-state index is -0.228. The van der Waals surface area contributed by atoms with E-state index in [1.807, 2.05) is 11.1 Å². The maximum absolute atomic E-state index is 11.0. The number of primary amides is 1. The first-order valence-corrected chi connectivity index (χ1v) is 4.05. The van der Waals surface area contributed by atoms with Gasteiger partial charge in [0.15, 0.2) is 0 Å². The highest BCUT2D eigenvalue weighted by Gasteiger charge is 2.32. The molecule has 2 aliphatic heterocycles. The van der Waals surface area contributed by atoms with E-state index in [1.165, 1.54) is 0 Å². The van der Waals surface area contributed by atoms with E-state index >= 15 is 0 Å². The van der Waals surface area contributed by atoms with Gasteiger partial charge in [0.1, 0.15) is 6.04 Å². The van der Waals surface area contributed by atoms with Gasteiger partial charge in [-0.15, -0.1) is 37.2 Å². The van der Waals surface area contributed by atoms with E-state index in [0.717, 1.165) is 25.1 Å². The maximum Gasteiger partial charge on any atom is 0.240 e. The molecule has 1 unspecified atom stereocenters. The fourth-order valence-corrected chi connectivity index (χ4v) is 1.74. The van der Waals surface area contributed by atoms with Crippen molar-refractivity contribution in [3.63, 3.8) is 0 Å². The van der Waals surface area contributed by atoms with E-state index in [4.69, 9.17) is 5.73 Å². The van der Waals surface area contributed by atoms with E-state index in [-0.39, 0.29) is 49.2 Å². The Hall–Kier alpha value is -0.450. The van der Waals surface area contributed by atoms with Crippen molar-refractivity contribution in [2.24, 2.45) is 10.7 Å². The van der Waals surface area contributed by atoms with Crippen LogP contribution in [0.5, 0.6) is 0 Å². The minimum absolute atomic E-state index is 0. The third kappa shape index (κ3) is 3.26. The molecule has 0 saturated carbocycles. The van der Waals surface area contributed by atoms with Crippen LogP contribution in [-0.4, -0.2) is 29.6 Å². The Morgan fingerprint density at radius 3 is 2.73 bits per heavy atom. The largest absolute Gasteiger partial charge is 0.368 e. The molecule has 0 aromatic heterocycles. The Morgan fingerprint density at radius 2 is 2.13 bits per heavy atom. The highest BCUT2D eigenvalue weighted by molar-refractivity contribution is 5.86. The number of nitrogens with zero attached hydrogens (tertiary/aromatic N) is 2. The van der Waals surface area contributed by atoms with Crippen molar-refractivity contribution in [2.45, 2.75) is 18.9 Å². The Bertz CT molecular complexity index is 280. The lowest BCUT2D eigenvalue weighted by Gasteiger charge is -2.25. The topological polar surface area (TPSA) is 58.7 Å². The van der Waals surface area contributed by atoms with Crippen LogP contribution in [0.4, 0.5) is 0 Å². The van der Waals surface area contributed by atoms with Crippen LogP contribution in [-0.2, 0) is 4.79 Å². The van der Waals surface area contributed by atoms with Gasteiger partial charge in [-0.2, -0.15) is 0 Å². The number of halogens is 3. The number of amides is 1. The van der Waals surface area contributed by atoms with Crippen molar-refractivity contribution < 1.29 is 4.79 Å². The number of carbonyl (C=O) groups excluding carboxylic acids is 1. The van der Waals surface area contributed by atoms with Crippen LogP contribution < -0.4 is 5.73 Å². The fraction of sp³-hybridized carbons (Fsp3) is 0.500. The SMILES string of the molecule is Cl.Cl.Cl.NC(=O)C1CCC2=CN=CCN21. The molecule has 0 radical (unpaired) electrons. The van der Waals surface area contributed by atoms with E-state index in [1.54, 1.807) is 6.21 Å². The van der Waals surface area contributed by atoms with Crippen LogP contribution in [0.15, 0.2) is 16.9 Å². The van der Waals surface area contributed by atoms with Crippen LogP contribution in [0.2, 0.25) is 0 Å². The molecule has 2 rings (SSSR count). The average molecular weight is 275 g/mol. The lowest BCUT2D eigenvalue weighted by atomic mass is 10.2. The summed E-state index contributed by atoms with van der Waals surface area (Å²) in [6.45, 7) is 0.722. The molecule has 0 aromatic carbocycles. The average Bonchev–Trinajstić information content (AvgIpc) is 2.47. The number of fused-ring (bicyclic) bond motifs is 1. The number of hydrogen-bond donors (Lipinski definition) is 1. The number of hydrogen-bond acceptors (Lipinski definition) is 3. The summed E-state index contributed by atoms with van der Waals surface area (Å²) in [4.78, 5) is 17.0. The molecule has 2 aliphatic rings. The van der Waals surface area contributed by atoms with E-state index in [9.17, 15) is 4.79 Å². The molecule has 0 spiro atoms. The predicted octanol–water partition coefficient (Wildman–Crippen LogP) is 1.13. The summed E-state index contributed by atoms with van der Waals surface area (Å²) in [5.74, 6) is -0.228. The summed E-state index contributed by atoms with van der Waals surface area (Å²) in [5.41, 5.74) is 6.39. The van der Waals surface area contributed by atoms with Crippen LogP contribution >= 0.6 is 37.2 Å². The van der Waals surface area contributed by atoms with Gasteiger partial charge in [-0.1, -0.05) is 0 Å². The normalized spacial score (nSPS) is 21.5. The highest BCUT2D eigenvalue weighted by Crippen LogP contribution is 2.27. The third-order valence-corrected chi connectivity index (χ3v) is 2.35. The third-order valence-electron chi connectivity index (χ3n) is 2.35. The molecular formula is C8H14Cl3N3O. The Balaban J connectivity index is 0. The standard InChI is InChI=1S/C8H11N3O.3ClH/c9-8(12)7-2-1-6-5-10-3-4-11(6)7;;;/h3,5,7H,1-2,4H2,(H2,9,12);3*1H. The van der Waals surface area contributed by atoms with Crippen molar-refractivity contribution in [2.75, 3.05) is 6.54 Å². The second kappa shape index (κ2) is 6.93. The van der Waals surface area contributed by atoms with Crippen molar-refractivity contribution in [1.29, 1.82) is 0 Å². The summed E-state index contributed by atoms with van der Waals surface area (Å²) in [6, 6.07) is -0.108. The van der Waals surface area contributed by atoms with Gasteiger partial charge >= 0.3 is 0 Å². The molecule has 1 amide bonds. The molecule has 2 heterocycles. The molecule has 1 atom stereocenters. The highest BCUT2D eigenvalue weighted by atomic mass is 35.5. The zero-order valence-electron chi connectivity index (χ0n) is 7.96. The number of aliphatic imine (C=N–C) groups is 1. The van der Waals surface area contributed by atoms with Crippen LogP contribution in [0, 0.1) is 0 Å². The second-order valence-corrected chi connectivity index (χ2v) is 3.06. The van der Waals surface area contributed by atoms with Gasteiger partial charge in [-0.05, 0) is 12.8 Å².